The third-order valence-electron chi connectivity index (χ3n) is 3.16. The average Bonchev–Trinajstić information content (AvgIpc) is 3.00. The summed E-state index contributed by atoms with van der Waals surface area (Å²) in [5.74, 6) is 0.455. The number of hydrogen-bond acceptors (Lipinski definition) is 3. The summed E-state index contributed by atoms with van der Waals surface area (Å²) < 4.78 is 5.52. The van der Waals surface area contributed by atoms with Crippen molar-refractivity contribution in [1.82, 2.24) is 15.3 Å². The Hall–Kier alpha value is -2.53. The van der Waals surface area contributed by atoms with E-state index in [9.17, 15) is 4.79 Å². The molecule has 0 bridgehead atoms. The Balaban J connectivity index is 1.53. The fraction of sp³-hybridized carbons (Fsp3) is 0.125. The van der Waals surface area contributed by atoms with Crippen molar-refractivity contribution < 1.29 is 9.53 Å². The second-order valence-corrected chi connectivity index (χ2v) is 5.08. The highest BCUT2D eigenvalue weighted by Gasteiger charge is 2.07. The van der Waals surface area contributed by atoms with Gasteiger partial charge in [0.15, 0.2) is 0 Å². The molecule has 0 spiro atoms. The lowest BCUT2D eigenvalue weighted by Crippen LogP contribution is -2.28. The number of carbonyl (C=O) groups is 1. The number of amides is 1. The molecular weight excluding hydrogens is 302 g/mol. The molecular formula is C16H14ClN3O2. The first kappa shape index (κ1) is 14.4. The summed E-state index contributed by atoms with van der Waals surface area (Å²) in [5.41, 5.74) is 2.24. The standard InChI is InChI=1S/C16H14ClN3O2/c17-12-3-1-2-4-15(12)22-8-7-18-16(21)11-5-6-13-14(9-11)20-10-19-13/h1-6,9-10H,7-8H2,(H,18,21)(H,19,20). The van der Waals surface area contributed by atoms with E-state index >= 15 is 0 Å². The van der Waals surface area contributed by atoms with E-state index in [-0.39, 0.29) is 5.91 Å². The summed E-state index contributed by atoms with van der Waals surface area (Å²) in [7, 11) is 0. The van der Waals surface area contributed by atoms with E-state index in [2.05, 4.69) is 15.3 Å². The van der Waals surface area contributed by atoms with Crippen molar-refractivity contribution in [2.45, 2.75) is 0 Å². The molecule has 0 saturated carbocycles. The summed E-state index contributed by atoms with van der Waals surface area (Å²) in [6.45, 7) is 0.743. The fourth-order valence-electron chi connectivity index (χ4n) is 2.07. The van der Waals surface area contributed by atoms with Crippen LogP contribution in [-0.4, -0.2) is 29.0 Å². The second-order valence-electron chi connectivity index (χ2n) is 4.67. The van der Waals surface area contributed by atoms with Crippen LogP contribution in [-0.2, 0) is 0 Å². The maximum Gasteiger partial charge on any atom is 0.251 e. The SMILES string of the molecule is O=C(NCCOc1ccccc1Cl)c1ccc2nc[nH]c2c1. The van der Waals surface area contributed by atoms with Crippen molar-refractivity contribution in [3.63, 3.8) is 0 Å². The largest absolute Gasteiger partial charge is 0.490 e. The monoisotopic (exact) mass is 315 g/mol. The Morgan fingerprint density at radius 3 is 3.00 bits per heavy atom. The molecule has 6 heteroatoms. The van der Waals surface area contributed by atoms with E-state index < -0.39 is 0 Å². The number of nitrogens with zero attached hydrogens (tertiary/aromatic N) is 1. The van der Waals surface area contributed by atoms with Crippen LogP contribution in [0.15, 0.2) is 48.8 Å². The van der Waals surface area contributed by atoms with Gasteiger partial charge in [-0.1, -0.05) is 23.7 Å². The number of para-hydroxylation sites is 1. The zero-order valence-corrected chi connectivity index (χ0v) is 12.4. The van der Waals surface area contributed by atoms with Crippen molar-refractivity contribution in [3.05, 3.63) is 59.4 Å². The molecule has 2 N–H and O–H groups in total. The van der Waals surface area contributed by atoms with Crippen molar-refractivity contribution in [3.8, 4) is 5.75 Å². The number of nitrogens with one attached hydrogen (secondary N) is 2. The number of imidazole rings is 1. The molecule has 0 aliphatic carbocycles. The predicted molar refractivity (Wildman–Crippen MR) is 85.4 cm³/mol. The second kappa shape index (κ2) is 6.49. The van der Waals surface area contributed by atoms with Gasteiger partial charge in [0.1, 0.15) is 12.4 Å². The Morgan fingerprint density at radius 2 is 2.14 bits per heavy atom. The molecule has 3 rings (SSSR count). The smallest absolute Gasteiger partial charge is 0.251 e. The number of hydrogen-bond donors (Lipinski definition) is 2. The normalized spacial score (nSPS) is 10.6. The maximum atomic E-state index is 12.1. The van der Waals surface area contributed by atoms with Crippen LogP contribution >= 0.6 is 11.6 Å². The molecule has 0 aliphatic rings. The Kier molecular flexibility index (Phi) is 4.25. The predicted octanol–water partition coefficient (Wildman–Crippen LogP) is 3.03. The summed E-state index contributed by atoms with van der Waals surface area (Å²) in [6.07, 6.45) is 1.60. The van der Waals surface area contributed by atoms with Gasteiger partial charge in [-0.05, 0) is 30.3 Å². The topological polar surface area (TPSA) is 67.0 Å². The molecule has 0 aliphatic heterocycles. The molecule has 0 saturated heterocycles. The number of halogens is 1. The van der Waals surface area contributed by atoms with Crippen molar-refractivity contribution >= 4 is 28.5 Å². The first-order valence-corrected chi connectivity index (χ1v) is 7.20. The first-order valence-electron chi connectivity index (χ1n) is 6.83. The molecule has 1 aromatic heterocycles. The zero-order valence-electron chi connectivity index (χ0n) is 11.7. The van der Waals surface area contributed by atoms with Crippen LogP contribution in [0.3, 0.4) is 0 Å². The molecule has 0 radical (unpaired) electrons. The van der Waals surface area contributed by atoms with Crippen LogP contribution in [0.5, 0.6) is 5.75 Å². The molecule has 2 aromatic carbocycles. The van der Waals surface area contributed by atoms with Gasteiger partial charge in [0.2, 0.25) is 0 Å². The van der Waals surface area contributed by atoms with Crippen molar-refractivity contribution in [1.29, 1.82) is 0 Å². The summed E-state index contributed by atoms with van der Waals surface area (Å²) in [4.78, 5) is 19.2. The molecule has 1 heterocycles. The minimum absolute atomic E-state index is 0.153. The number of benzene rings is 2. The van der Waals surface area contributed by atoms with Gasteiger partial charge in [-0.3, -0.25) is 4.79 Å². The fourth-order valence-corrected chi connectivity index (χ4v) is 2.26. The van der Waals surface area contributed by atoms with E-state index in [0.29, 0.717) is 29.5 Å². The Labute approximate surface area is 132 Å². The molecule has 1 amide bonds. The first-order chi connectivity index (χ1) is 10.7. The lowest BCUT2D eigenvalue weighted by Gasteiger charge is -2.09. The van der Waals surface area contributed by atoms with E-state index in [4.69, 9.17) is 16.3 Å². The van der Waals surface area contributed by atoms with Crippen LogP contribution in [0.2, 0.25) is 5.02 Å². The highest BCUT2D eigenvalue weighted by Crippen LogP contribution is 2.22. The molecule has 0 atom stereocenters. The summed E-state index contributed by atoms with van der Waals surface area (Å²) in [6, 6.07) is 12.5. The van der Waals surface area contributed by atoms with Gasteiger partial charge in [0, 0.05) is 5.56 Å². The van der Waals surface area contributed by atoms with Gasteiger partial charge < -0.3 is 15.0 Å². The number of aromatic amines is 1. The highest BCUT2D eigenvalue weighted by atomic mass is 35.5. The molecule has 0 unspecified atom stereocenters. The molecule has 0 fully saturated rings. The summed E-state index contributed by atoms with van der Waals surface area (Å²) in [5, 5.41) is 3.36. The molecule has 3 aromatic rings. The number of rotatable bonds is 5. The van der Waals surface area contributed by atoms with E-state index in [1.807, 2.05) is 12.1 Å². The van der Waals surface area contributed by atoms with Crippen molar-refractivity contribution in [2.75, 3.05) is 13.2 Å². The van der Waals surface area contributed by atoms with Gasteiger partial charge >= 0.3 is 0 Å². The number of fused-ring (bicyclic) bond motifs is 1. The molecule has 112 valence electrons. The summed E-state index contributed by atoms with van der Waals surface area (Å²) >= 11 is 5.98. The van der Waals surface area contributed by atoms with Gasteiger partial charge in [-0.25, -0.2) is 4.98 Å². The van der Waals surface area contributed by atoms with Crippen LogP contribution in [0.4, 0.5) is 0 Å². The molecule has 22 heavy (non-hydrogen) atoms. The highest BCUT2D eigenvalue weighted by molar-refractivity contribution is 6.32. The quantitative estimate of drug-likeness (QED) is 0.711. The van der Waals surface area contributed by atoms with Crippen LogP contribution in [0, 0.1) is 0 Å². The third-order valence-corrected chi connectivity index (χ3v) is 3.48. The Morgan fingerprint density at radius 1 is 1.27 bits per heavy atom. The molecule has 5 nitrogen and oxygen atoms in total. The van der Waals surface area contributed by atoms with E-state index in [1.165, 1.54) is 0 Å². The number of H-pyrrole nitrogens is 1. The van der Waals surface area contributed by atoms with Crippen LogP contribution < -0.4 is 10.1 Å². The number of aromatic nitrogens is 2. The van der Waals surface area contributed by atoms with Gasteiger partial charge in [-0.2, -0.15) is 0 Å². The van der Waals surface area contributed by atoms with Crippen LogP contribution in [0.1, 0.15) is 10.4 Å². The Bertz CT molecular complexity index is 801. The minimum Gasteiger partial charge on any atom is -0.490 e. The van der Waals surface area contributed by atoms with Gasteiger partial charge in [0.25, 0.3) is 5.91 Å². The minimum atomic E-state index is -0.153. The number of carbonyl (C=O) groups excluding carboxylic acids is 1. The van der Waals surface area contributed by atoms with E-state index in [0.717, 1.165) is 11.0 Å². The van der Waals surface area contributed by atoms with Crippen molar-refractivity contribution in [2.24, 2.45) is 0 Å². The zero-order chi connectivity index (χ0) is 15.4. The van der Waals surface area contributed by atoms with E-state index in [1.54, 1.807) is 36.7 Å². The maximum absolute atomic E-state index is 12.1. The van der Waals surface area contributed by atoms with Gasteiger partial charge in [0.05, 0.1) is 28.9 Å². The lowest BCUT2D eigenvalue weighted by molar-refractivity contribution is 0.0947. The van der Waals surface area contributed by atoms with Crippen LogP contribution in [0.25, 0.3) is 11.0 Å². The van der Waals surface area contributed by atoms with Gasteiger partial charge in [-0.15, -0.1) is 0 Å². The third kappa shape index (κ3) is 3.20. The number of ether oxygens (including phenoxy) is 1. The average molecular weight is 316 g/mol. The lowest BCUT2D eigenvalue weighted by atomic mass is 10.2.